The van der Waals surface area contributed by atoms with Gasteiger partial charge in [-0.05, 0) is 24.1 Å². The second-order valence-corrected chi connectivity index (χ2v) is 5.25. The number of methoxy groups -OCH3 is 1. The summed E-state index contributed by atoms with van der Waals surface area (Å²) in [7, 11) is 1.40. The molecule has 2 aromatic carbocycles. The Hall–Kier alpha value is -2.75. The van der Waals surface area contributed by atoms with Crippen molar-refractivity contribution in [3.8, 4) is 5.75 Å². The van der Waals surface area contributed by atoms with Crippen molar-refractivity contribution in [3.05, 3.63) is 66.1 Å². The summed E-state index contributed by atoms with van der Waals surface area (Å²) in [5.74, 6) is 1.39. The largest absolute Gasteiger partial charge is 0.486 e. The molecule has 3 aromatic rings. The van der Waals surface area contributed by atoms with Crippen molar-refractivity contribution in [1.82, 2.24) is 0 Å². The van der Waals surface area contributed by atoms with Crippen LogP contribution < -0.4 is 4.74 Å². The van der Waals surface area contributed by atoms with Crippen LogP contribution >= 0.6 is 0 Å². The number of benzene rings is 2. The molecule has 0 unspecified atom stereocenters. The van der Waals surface area contributed by atoms with Crippen LogP contribution in [0.15, 0.2) is 59.2 Å². The number of hydrogen-bond donors (Lipinski definition) is 0. The van der Waals surface area contributed by atoms with Crippen molar-refractivity contribution in [2.24, 2.45) is 0 Å². The van der Waals surface area contributed by atoms with E-state index in [2.05, 4.69) is 4.74 Å². The van der Waals surface area contributed by atoms with E-state index in [4.69, 9.17) is 9.15 Å². The molecule has 0 atom stereocenters. The van der Waals surface area contributed by atoms with Crippen molar-refractivity contribution < 1.29 is 18.7 Å². The maximum absolute atomic E-state index is 11.1. The molecule has 0 saturated carbocycles. The van der Waals surface area contributed by atoms with E-state index in [0.29, 0.717) is 19.4 Å². The van der Waals surface area contributed by atoms with E-state index >= 15 is 0 Å². The molecule has 0 fully saturated rings. The summed E-state index contributed by atoms with van der Waals surface area (Å²) in [5, 5.41) is 2.14. The van der Waals surface area contributed by atoms with E-state index in [9.17, 15) is 4.79 Å². The van der Waals surface area contributed by atoms with Gasteiger partial charge in [0.05, 0.1) is 13.4 Å². The van der Waals surface area contributed by atoms with Crippen molar-refractivity contribution >= 4 is 16.7 Å². The minimum Gasteiger partial charge on any atom is -0.486 e. The highest BCUT2D eigenvalue weighted by atomic mass is 16.5. The monoisotopic (exact) mass is 310 g/mol. The lowest BCUT2D eigenvalue weighted by molar-refractivity contribution is -0.140. The number of ether oxygens (including phenoxy) is 2. The minimum atomic E-state index is -0.199. The van der Waals surface area contributed by atoms with Gasteiger partial charge in [-0.2, -0.15) is 0 Å². The van der Waals surface area contributed by atoms with Crippen LogP contribution in [0.2, 0.25) is 0 Å². The number of carbonyl (C=O) groups excluding carboxylic acids is 1. The van der Waals surface area contributed by atoms with Crippen LogP contribution in [0.4, 0.5) is 0 Å². The number of aryl methyl sites for hydroxylation is 1. The molecule has 0 bridgehead atoms. The summed E-state index contributed by atoms with van der Waals surface area (Å²) in [5.41, 5.74) is 1.08. The molecular weight excluding hydrogens is 292 g/mol. The van der Waals surface area contributed by atoms with Gasteiger partial charge in [0.25, 0.3) is 0 Å². The van der Waals surface area contributed by atoms with E-state index in [1.807, 2.05) is 48.5 Å². The van der Waals surface area contributed by atoms with Crippen LogP contribution in [0.5, 0.6) is 5.75 Å². The molecule has 0 radical (unpaired) electrons. The second-order valence-electron chi connectivity index (χ2n) is 5.25. The Morgan fingerprint density at radius 1 is 1.09 bits per heavy atom. The van der Waals surface area contributed by atoms with Crippen molar-refractivity contribution in [2.45, 2.75) is 19.4 Å². The van der Waals surface area contributed by atoms with Gasteiger partial charge in [-0.3, -0.25) is 4.79 Å². The summed E-state index contributed by atoms with van der Waals surface area (Å²) < 4.78 is 16.0. The second kappa shape index (κ2) is 7.01. The molecule has 1 aromatic heterocycles. The van der Waals surface area contributed by atoms with E-state index in [1.54, 1.807) is 6.26 Å². The first kappa shape index (κ1) is 15.2. The smallest absolute Gasteiger partial charge is 0.305 e. The minimum absolute atomic E-state index is 0.199. The summed E-state index contributed by atoms with van der Waals surface area (Å²) in [6, 6.07) is 15.7. The van der Waals surface area contributed by atoms with Crippen molar-refractivity contribution in [1.29, 1.82) is 0 Å². The molecule has 1 heterocycles. The highest BCUT2D eigenvalue weighted by Crippen LogP contribution is 2.22. The maximum Gasteiger partial charge on any atom is 0.305 e. The average Bonchev–Trinajstić information content (AvgIpc) is 3.02. The Bertz CT molecular complexity index is 786. The molecule has 0 spiro atoms. The Morgan fingerprint density at radius 3 is 2.65 bits per heavy atom. The number of furan rings is 1. The lowest BCUT2D eigenvalue weighted by Gasteiger charge is -2.06. The highest BCUT2D eigenvalue weighted by molar-refractivity contribution is 5.83. The van der Waals surface area contributed by atoms with E-state index in [1.165, 1.54) is 7.11 Å². The van der Waals surface area contributed by atoms with Crippen LogP contribution in [-0.2, 0) is 22.6 Å². The lowest BCUT2D eigenvalue weighted by atomic mass is 10.1. The first-order chi connectivity index (χ1) is 11.3. The number of esters is 1. The SMILES string of the molecule is COC(=O)CCc1ccc(OCc2occ3ccccc23)cc1. The summed E-state index contributed by atoms with van der Waals surface area (Å²) in [4.78, 5) is 11.1. The van der Waals surface area contributed by atoms with Gasteiger partial charge in [-0.1, -0.05) is 36.4 Å². The van der Waals surface area contributed by atoms with Gasteiger partial charge in [0, 0.05) is 17.2 Å². The quantitative estimate of drug-likeness (QED) is 0.643. The molecule has 0 amide bonds. The first-order valence-corrected chi connectivity index (χ1v) is 7.50. The molecule has 0 aliphatic rings. The predicted octanol–water partition coefficient (Wildman–Crippen LogP) is 4.12. The Labute approximate surface area is 134 Å². The van der Waals surface area contributed by atoms with Gasteiger partial charge in [0.15, 0.2) is 0 Å². The first-order valence-electron chi connectivity index (χ1n) is 7.50. The van der Waals surface area contributed by atoms with Crippen LogP contribution in [0.25, 0.3) is 10.8 Å². The average molecular weight is 310 g/mol. The Kier molecular flexibility index (Phi) is 4.62. The fourth-order valence-corrected chi connectivity index (χ4v) is 2.41. The van der Waals surface area contributed by atoms with E-state index in [0.717, 1.165) is 27.8 Å². The number of carbonyl (C=O) groups is 1. The van der Waals surface area contributed by atoms with E-state index < -0.39 is 0 Å². The highest BCUT2D eigenvalue weighted by Gasteiger charge is 2.06. The standard InChI is InChI=1S/C19H18O4/c1-21-19(20)11-8-14-6-9-16(10-7-14)22-13-18-17-5-3-2-4-15(17)12-23-18/h2-7,9-10,12H,8,11,13H2,1H3. The third kappa shape index (κ3) is 3.72. The maximum atomic E-state index is 11.1. The van der Waals surface area contributed by atoms with Crippen LogP contribution in [-0.4, -0.2) is 13.1 Å². The Morgan fingerprint density at radius 2 is 1.87 bits per heavy atom. The van der Waals surface area contributed by atoms with Crippen LogP contribution in [0.1, 0.15) is 17.7 Å². The zero-order chi connectivity index (χ0) is 16.1. The molecule has 23 heavy (non-hydrogen) atoms. The molecular formula is C19H18O4. The molecule has 4 heteroatoms. The van der Waals surface area contributed by atoms with Gasteiger partial charge in [-0.25, -0.2) is 0 Å². The van der Waals surface area contributed by atoms with Crippen molar-refractivity contribution in [2.75, 3.05) is 7.11 Å². The third-order valence-electron chi connectivity index (χ3n) is 3.73. The van der Waals surface area contributed by atoms with Gasteiger partial charge in [0.1, 0.15) is 18.1 Å². The third-order valence-corrected chi connectivity index (χ3v) is 3.73. The molecule has 3 rings (SSSR count). The molecule has 0 aliphatic heterocycles. The Balaban J connectivity index is 1.59. The van der Waals surface area contributed by atoms with Gasteiger partial charge in [0.2, 0.25) is 0 Å². The molecule has 0 N–H and O–H groups in total. The molecule has 0 saturated heterocycles. The topological polar surface area (TPSA) is 48.7 Å². The van der Waals surface area contributed by atoms with Gasteiger partial charge in [-0.15, -0.1) is 0 Å². The normalized spacial score (nSPS) is 10.7. The number of rotatable bonds is 6. The molecule has 0 aliphatic carbocycles. The fraction of sp³-hybridized carbons (Fsp3) is 0.211. The van der Waals surface area contributed by atoms with Gasteiger partial charge < -0.3 is 13.9 Å². The summed E-state index contributed by atoms with van der Waals surface area (Å²) >= 11 is 0. The zero-order valence-corrected chi connectivity index (χ0v) is 13.0. The van der Waals surface area contributed by atoms with E-state index in [-0.39, 0.29) is 5.97 Å². The zero-order valence-electron chi connectivity index (χ0n) is 13.0. The van der Waals surface area contributed by atoms with Crippen LogP contribution in [0, 0.1) is 0 Å². The predicted molar refractivity (Wildman–Crippen MR) is 87.3 cm³/mol. The number of fused-ring (bicyclic) bond motifs is 1. The lowest BCUT2D eigenvalue weighted by Crippen LogP contribution is -2.01. The molecule has 4 nitrogen and oxygen atoms in total. The summed E-state index contributed by atoms with van der Waals surface area (Å²) in [6.45, 7) is 0.384. The van der Waals surface area contributed by atoms with Crippen molar-refractivity contribution in [3.63, 3.8) is 0 Å². The molecule has 118 valence electrons. The van der Waals surface area contributed by atoms with Gasteiger partial charge >= 0.3 is 5.97 Å². The fourth-order valence-electron chi connectivity index (χ4n) is 2.41. The summed E-state index contributed by atoms with van der Waals surface area (Å²) in [6.07, 6.45) is 2.79. The number of hydrogen-bond acceptors (Lipinski definition) is 4. The van der Waals surface area contributed by atoms with Crippen LogP contribution in [0.3, 0.4) is 0 Å².